The van der Waals surface area contributed by atoms with Crippen LogP contribution in [-0.2, 0) is 0 Å². The van der Waals surface area contributed by atoms with Crippen LogP contribution in [-0.4, -0.2) is 15.7 Å². The zero-order chi connectivity index (χ0) is 19.1. The van der Waals surface area contributed by atoms with Crippen LogP contribution < -0.4 is 5.32 Å². The maximum absolute atomic E-state index is 12.8. The van der Waals surface area contributed by atoms with Crippen LogP contribution in [0.4, 0.5) is 5.69 Å². The number of amides is 1. The lowest BCUT2D eigenvalue weighted by Crippen LogP contribution is -2.10. The van der Waals surface area contributed by atoms with E-state index in [1.807, 2.05) is 67.1 Å². The third-order valence-corrected chi connectivity index (χ3v) is 6.51. The molecule has 27 heavy (non-hydrogen) atoms. The fraction of sp³-hybridized carbons (Fsp3) is 0.100. The highest BCUT2D eigenvalue weighted by molar-refractivity contribution is 9.10. The van der Waals surface area contributed by atoms with Gasteiger partial charge in [0.15, 0.2) is 0 Å². The summed E-state index contributed by atoms with van der Waals surface area (Å²) in [6.45, 7) is 3.97. The Kier molecular flexibility index (Phi) is 4.92. The summed E-state index contributed by atoms with van der Waals surface area (Å²) in [5, 5.41) is 8.61. The van der Waals surface area contributed by atoms with Gasteiger partial charge in [0.2, 0.25) is 0 Å². The van der Waals surface area contributed by atoms with E-state index in [1.165, 1.54) is 11.3 Å². The minimum absolute atomic E-state index is 0.123. The van der Waals surface area contributed by atoms with E-state index in [9.17, 15) is 4.79 Å². The first-order valence-corrected chi connectivity index (χ1v) is 10.7. The van der Waals surface area contributed by atoms with Gasteiger partial charge in [0.05, 0.1) is 21.9 Å². The van der Waals surface area contributed by atoms with E-state index in [1.54, 1.807) is 0 Å². The van der Waals surface area contributed by atoms with Crippen LogP contribution in [0.5, 0.6) is 0 Å². The van der Waals surface area contributed by atoms with E-state index < -0.39 is 0 Å². The van der Waals surface area contributed by atoms with Gasteiger partial charge in [-0.25, -0.2) is 4.68 Å². The van der Waals surface area contributed by atoms with E-state index in [4.69, 9.17) is 0 Å². The molecule has 4 aromatic rings. The smallest absolute Gasteiger partial charge is 0.265 e. The highest BCUT2D eigenvalue weighted by atomic mass is 79.9. The summed E-state index contributed by atoms with van der Waals surface area (Å²) < 4.78 is 3.77. The third kappa shape index (κ3) is 3.59. The maximum atomic E-state index is 12.8. The quantitative estimate of drug-likeness (QED) is 0.347. The number of halogens is 2. The van der Waals surface area contributed by atoms with Crippen LogP contribution in [0.2, 0.25) is 0 Å². The summed E-state index contributed by atoms with van der Waals surface area (Å²) in [5.74, 6) is -0.123. The molecule has 2 aromatic carbocycles. The molecule has 0 saturated carbocycles. The number of nitrogens with zero attached hydrogens (tertiary/aromatic N) is 2. The molecular formula is C20H15Br2N3OS. The van der Waals surface area contributed by atoms with E-state index in [2.05, 4.69) is 42.3 Å². The first kappa shape index (κ1) is 18.4. The van der Waals surface area contributed by atoms with Gasteiger partial charge in [0.25, 0.3) is 5.91 Å². The van der Waals surface area contributed by atoms with Gasteiger partial charge in [-0.15, -0.1) is 11.3 Å². The molecule has 0 atom stereocenters. The zero-order valence-corrected chi connectivity index (χ0v) is 18.6. The standard InChI is InChI=1S/C20H15Br2N3OS/c1-11-3-8-17(16(22)9-11)23-19(26)18-10-15-12(2)24-25(20(15)27-18)14-6-4-13(21)5-7-14/h3-10H,1-2H3,(H,23,26). The Morgan fingerprint density at radius 2 is 1.81 bits per heavy atom. The molecule has 0 aliphatic heterocycles. The first-order valence-electron chi connectivity index (χ1n) is 8.25. The zero-order valence-electron chi connectivity index (χ0n) is 14.6. The molecule has 0 aliphatic rings. The summed E-state index contributed by atoms with van der Waals surface area (Å²) >= 11 is 8.40. The van der Waals surface area contributed by atoms with Crippen LogP contribution >= 0.6 is 43.2 Å². The molecule has 0 fully saturated rings. The molecule has 0 saturated heterocycles. The van der Waals surface area contributed by atoms with Crippen molar-refractivity contribution in [3.63, 3.8) is 0 Å². The molecule has 0 aliphatic carbocycles. The molecule has 0 spiro atoms. The summed E-state index contributed by atoms with van der Waals surface area (Å²) in [4.78, 5) is 14.4. The van der Waals surface area contributed by atoms with Gasteiger partial charge in [-0.05, 0) is 77.8 Å². The molecule has 0 unspecified atom stereocenters. The van der Waals surface area contributed by atoms with Crippen molar-refractivity contribution in [1.82, 2.24) is 9.78 Å². The topological polar surface area (TPSA) is 46.9 Å². The summed E-state index contributed by atoms with van der Waals surface area (Å²) in [6, 6.07) is 15.7. The highest BCUT2D eigenvalue weighted by Gasteiger charge is 2.18. The Balaban J connectivity index is 1.70. The molecule has 2 heterocycles. The van der Waals surface area contributed by atoms with Gasteiger partial charge in [-0.1, -0.05) is 22.0 Å². The number of aromatic nitrogens is 2. The molecule has 1 N–H and O–H groups in total. The number of benzene rings is 2. The Hall–Kier alpha value is -1.96. The largest absolute Gasteiger partial charge is 0.320 e. The minimum Gasteiger partial charge on any atom is -0.320 e. The Morgan fingerprint density at radius 1 is 1.07 bits per heavy atom. The van der Waals surface area contributed by atoms with Crippen molar-refractivity contribution >= 4 is 65.0 Å². The summed E-state index contributed by atoms with van der Waals surface area (Å²) in [7, 11) is 0. The van der Waals surface area contributed by atoms with Crippen molar-refractivity contribution in [1.29, 1.82) is 0 Å². The van der Waals surface area contributed by atoms with Crippen molar-refractivity contribution in [2.75, 3.05) is 5.32 Å². The number of thiophene rings is 1. The normalized spacial score (nSPS) is 11.1. The molecular weight excluding hydrogens is 490 g/mol. The van der Waals surface area contributed by atoms with E-state index >= 15 is 0 Å². The molecule has 0 bridgehead atoms. The van der Waals surface area contributed by atoms with Crippen molar-refractivity contribution in [2.24, 2.45) is 0 Å². The third-order valence-electron chi connectivity index (χ3n) is 4.21. The number of carbonyl (C=O) groups excluding carboxylic acids is 1. The highest BCUT2D eigenvalue weighted by Crippen LogP contribution is 2.32. The lowest BCUT2D eigenvalue weighted by Gasteiger charge is -2.07. The number of rotatable bonds is 3. The Morgan fingerprint density at radius 3 is 2.52 bits per heavy atom. The minimum atomic E-state index is -0.123. The second-order valence-corrected chi connectivity index (χ2v) is 9.04. The van der Waals surface area contributed by atoms with Gasteiger partial charge in [-0.2, -0.15) is 5.10 Å². The SMILES string of the molecule is Cc1ccc(NC(=O)c2cc3c(C)nn(-c4ccc(Br)cc4)c3s2)c(Br)c1. The van der Waals surface area contributed by atoms with Gasteiger partial charge < -0.3 is 5.32 Å². The molecule has 1 amide bonds. The van der Waals surface area contributed by atoms with Crippen LogP contribution in [0.25, 0.3) is 15.9 Å². The number of aryl methyl sites for hydroxylation is 2. The number of fused-ring (bicyclic) bond motifs is 1. The number of hydrogen-bond donors (Lipinski definition) is 1. The van der Waals surface area contributed by atoms with Crippen LogP contribution in [0.1, 0.15) is 20.9 Å². The maximum Gasteiger partial charge on any atom is 0.265 e. The van der Waals surface area contributed by atoms with Crippen LogP contribution in [0.15, 0.2) is 57.5 Å². The number of hydrogen-bond acceptors (Lipinski definition) is 3. The second-order valence-electron chi connectivity index (χ2n) is 6.24. The van der Waals surface area contributed by atoms with Gasteiger partial charge in [-0.3, -0.25) is 4.79 Å². The van der Waals surface area contributed by atoms with Crippen molar-refractivity contribution in [2.45, 2.75) is 13.8 Å². The van der Waals surface area contributed by atoms with Gasteiger partial charge in [0, 0.05) is 14.3 Å². The lowest BCUT2D eigenvalue weighted by atomic mass is 10.2. The first-order chi connectivity index (χ1) is 12.9. The second kappa shape index (κ2) is 7.22. The fourth-order valence-corrected chi connectivity index (χ4v) is 4.76. The van der Waals surface area contributed by atoms with Gasteiger partial charge >= 0.3 is 0 Å². The average molecular weight is 505 g/mol. The monoisotopic (exact) mass is 503 g/mol. The van der Waals surface area contributed by atoms with E-state index in [0.717, 1.165) is 41.8 Å². The molecule has 4 rings (SSSR count). The van der Waals surface area contributed by atoms with Crippen molar-refractivity contribution in [3.05, 3.63) is 73.6 Å². The molecule has 136 valence electrons. The molecule has 0 radical (unpaired) electrons. The van der Waals surface area contributed by atoms with E-state index in [0.29, 0.717) is 4.88 Å². The van der Waals surface area contributed by atoms with Crippen molar-refractivity contribution < 1.29 is 4.79 Å². The van der Waals surface area contributed by atoms with Gasteiger partial charge in [0.1, 0.15) is 4.83 Å². The van der Waals surface area contributed by atoms with Crippen LogP contribution in [0, 0.1) is 13.8 Å². The Labute approximate surface area is 177 Å². The predicted molar refractivity (Wildman–Crippen MR) is 118 cm³/mol. The Bertz CT molecular complexity index is 1160. The lowest BCUT2D eigenvalue weighted by molar-refractivity contribution is 0.103. The number of carbonyl (C=O) groups is 1. The molecule has 2 aromatic heterocycles. The van der Waals surface area contributed by atoms with Crippen LogP contribution in [0.3, 0.4) is 0 Å². The number of nitrogens with one attached hydrogen (secondary N) is 1. The number of anilines is 1. The fourth-order valence-electron chi connectivity index (χ4n) is 2.82. The summed E-state index contributed by atoms with van der Waals surface area (Å²) in [5.41, 5.74) is 3.76. The summed E-state index contributed by atoms with van der Waals surface area (Å²) in [6.07, 6.45) is 0. The average Bonchev–Trinajstić information content (AvgIpc) is 3.19. The van der Waals surface area contributed by atoms with Crippen molar-refractivity contribution in [3.8, 4) is 5.69 Å². The predicted octanol–water partition coefficient (Wildman–Crippen LogP) is 6.48. The van der Waals surface area contributed by atoms with E-state index in [-0.39, 0.29) is 5.91 Å². The molecule has 4 nitrogen and oxygen atoms in total. The molecule has 7 heteroatoms.